The molecule has 0 bridgehead atoms. The van der Waals surface area contributed by atoms with Crippen LogP contribution in [0.4, 0.5) is 0 Å². The third-order valence-corrected chi connectivity index (χ3v) is 1.51. The predicted octanol–water partition coefficient (Wildman–Crippen LogP) is 0.692. The quantitative estimate of drug-likeness (QED) is 0.443. The van der Waals surface area contributed by atoms with Crippen LogP contribution < -0.4 is 5.32 Å². The van der Waals surface area contributed by atoms with Gasteiger partial charge in [0.2, 0.25) is 0 Å². The number of rotatable bonds is 5. The van der Waals surface area contributed by atoms with E-state index in [0.29, 0.717) is 0 Å². The first-order valence-corrected chi connectivity index (χ1v) is 4.01. The van der Waals surface area contributed by atoms with Crippen molar-refractivity contribution in [3.05, 3.63) is 0 Å². The average molecular weight is 145 g/mol. The maximum absolute atomic E-state index is 3.15. The van der Waals surface area contributed by atoms with Crippen LogP contribution in [0.2, 0.25) is 0 Å². The summed E-state index contributed by atoms with van der Waals surface area (Å²) >= 11 is 0. The van der Waals surface area contributed by atoms with Gasteiger partial charge in [0.15, 0.2) is 0 Å². The Morgan fingerprint density at radius 2 is 1.70 bits per heavy atom. The van der Waals surface area contributed by atoms with E-state index in [2.05, 4.69) is 26.5 Å². The number of nitrogens with one attached hydrogen (secondary N) is 1. The van der Waals surface area contributed by atoms with Gasteiger partial charge in [-0.25, -0.2) is 0 Å². The van der Waals surface area contributed by atoms with E-state index < -0.39 is 0 Å². The van der Waals surface area contributed by atoms with Crippen molar-refractivity contribution in [2.24, 2.45) is 0 Å². The maximum atomic E-state index is 3.15. The fourth-order valence-electron chi connectivity index (χ4n) is 0.888. The van der Waals surface area contributed by atoms with Gasteiger partial charge in [-0.1, -0.05) is 0 Å². The molecular formula is C8H21N2+. The number of unbranched alkanes of at least 4 members (excludes halogenated alkanes) is 1. The molecule has 0 aromatic carbocycles. The Kier molecular flexibility index (Phi) is 4.65. The summed E-state index contributed by atoms with van der Waals surface area (Å²) in [6, 6.07) is 0. The summed E-state index contributed by atoms with van der Waals surface area (Å²) in [5, 5.41) is 3.15. The van der Waals surface area contributed by atoms with Crippen molar-refractivity contribution in [2.75, 3.05) is 41.3 Å². The largest absolute Gasteiger partial charge is 0.331 e. The molecule has 0 aromatic heterocycles. The van der Waals surface area contributed by atoms with Crippen LogP contribution in [-0.2, 0) is 0 Å². The molecule has 0 radical (unpaired) electrons. The molecule has 0 saturated heterocycles. The lowest BCUT2D eigenvalue weighted by Gasteiger charge is -2.23. The molecule has 10 heavy (non-hydrogen) atoms. The van der Waals surface area contributed by atoms with Gasteiger partial charge in [-0.05, 0) is 26.4 Å². The first-order chi connectivity index (χ1) is 4.56. The van der Waals surface area contributed by atoms with Crippen LogP contribution in [0.5, 0.6) is 0 Å². The molecule has 0 aromatic rings. The van der Waals surface area contributed by atoms with E-state index in [1.54, 1.807) is 0 Å². The predicted molar refractivity (Wildman–Crippen MR) is 46.1 cm³/mol. The Morgan fingerprint density at radius 1 is 1.10 bits per heavy atom. The molecule has 0 aliphatic heterocycles. The number of hydrogen-bond donors (Lipinski definition) is 1. The molecule has 2 nitrogen and oxygen atoms in total. The van der Waals surface area contributed by atoms with Crippen LogP contribution in [0.25, 0.3) is 0 Å². The van der Waals surface area contributed by atoms with E-state index in [1.807, 2.05) is 7.05 Å². The minimum Gasteiger partial charge on any atom is -0.331 e. The lowest BCUT2D eigenvalue weighted by molar-refractivity contribution is -0.870. The molecule has 0 atom stereocenters. The summed E-state index contributed by atoms with van der Waals surface area (Å²) in [5.41, 5.74) is 0. The molecular weight excluding hydrogens is 124 g/mol. The Morgan fingerprint density at radius 3 is 2.10 bits per heavy atom. The van der Waals surface area contributed by atoms with E-state index in [4.69, 9.17) is 0 Å². The zero-order valence-electron chi connectivity index (χ0n) is 7.78. The van der Waals surface area contributed by atoms with Crippen LogP contribution in [-0.4, -0.2) is 45.8 Å². The highest BCUT2D eigenvalue weighted by molar-refractivity contribution is 4.41. The summed E-state index contributed by atoms with van der Waals surface area (Å²) in [6.45, 7) is 2.43. The van der Waals surface area contributed by atoms with E-state index in [9.17, 15) is 0 Å². The van der Waals surface area contributed by atoms with Gasteiger partial charge in [0, 0.05) is 0 Å². The Labute approximate surface area is 64.8 Å². The zero-order valence-corrected chi connectivity index (χ0v) is 7.78. The van der Waals surface area contributed by atoms with Gasteiger partial charge in [0.25, 0.3) is 0 Å². The maximum Gasteiger partial charge on any atom is 0.0780 e. The topological polar surface area (TPSA) is 12.0 Å². The van der Waals surface area contributed by atoms with Gasteiger partial charge in [0.1, 0.15) is 0 Å². The van der Waals surface area contributed by atoms with Gasteiger partial charge in [-0.2, -0.15) is 0 Å². The summed E-state index contributed by atoms with van der Waals surface area (Å²) in [6.07, 6.45) is 2.62. The van der Waals surface area contributed by atoms with Gasteiger partial charge in [-0.3, -0.25) is 0 Å². The average Bonchev–Trinajstić information content (AvgIpc) is 1.78. The van der Waals surface area contributed by atoms with Crippen molar-refractivity contribution in [1.29, 1.82) is 0 Å². The fraction of sp³-hybridized carbons (Fsp3) is 1.00. The highest BCUT2D eigenvalue weighted by atomic mass is 15.3. The third kappa shape index (κ3) is 7.92. The second kappa shape index (κ2) is 4.69. The molecule has 0 aliphatic rings. The van der Waals surface area contributed by atoms with Gasteiger partial charge < -0.3 is 9.80 Å². The second-order valence-corrected chi connectivity index (χ2v) is 3.82. The highest BCUT2D eigenvalue weighted by Crippen LogP contribution is 1.95. The fourth-order valence-corrected chi connectivity index (χ4v) is 0.888. The minimum atomic E-state index is 1.09. The van der Waals surface area contributed by atoms with Gasteiger partial charge >= 0.3 is 0 Å². The normalized spacial score (nSPS) is 12.0. The van der Waals surface area contributed by atoms with Crippen LogP contribution >= 0.6 is 0 Å². The number of quaternary nitrogens is 1. The van der Waals surface area contributed by atoms with Crippen LogP contribution in [0.3, 0.4) is 0 Å². The number of nitrogens with zero attached hydrogens (tertiary/aromatic N) is 1. The van der Waals surface area contributed by atoms with Crippen molar-refractivity contribution >= 4 is 0 Å². The van der Waals surface area contributed by atoms with Crippen molar-refractivity contribution in [3.63, 3.8) is 0 Å². The smallest absolute Gasteiger partial charge is 0.0780 e. The molecule has 0 spiro atoms. The molecule has 1 N–H and O–H groups in total. The third-order valence-electron chi connectivity index (χ3n) is 1.51. The van der Waals surface area contributed by atoms with Crippen molar-refractivity contribution in [1.82, 2.24) is 5.32 Å². The Bertz CT molecular complexity index is 73.8. The molecule has 0 aliphatic carbocycles. The van der Waals surface area contributed by atoms with E-state index in [1.165, 1.54) is 19.4 Å². The molecule has 0 rings (SSSR count). The molecule has 0 amide bonds. The van der Waals surface area contributed by atoms with E-state index in [-0.39, 0.29) is 0 Å². The highest BCUT2D eigenvalue weighted by Gasteiger charge is 2.04. The zero-order chi connectivity index (χ0) is 8.04. The molecule has 0 heterocycles. The molecule has 2 heteroatoms. The first-order valence-electron chi connectivity index (χ1n) is 4.01. The van der Waals surface area contributed by atoms with E-state index in [0.717, 1.165) is 11.0 Å². The SMILES string of the molecule is CNCCCC[N+](C)(C)C. The lowest BCUT2D eigenvalue weighted by Crippen LogP contribution is -2.35. The molecule has 0 saturated carbocycles. The Balaban J connectivity index is 3.04. The van der Waals surface area contributed by atoms with Gasteiger partial charge in [0.05, 0.1) is 27.7 Å². The first kappa shape index (κ1) is 9.92. The summed E-state index contributed by atoms with van der Waals surface area (Å²) in [5.74, 6) is 0. The van der Waals surface area contributed by atoms with Crippen LogP contribution in [0.15, 0.2) is 0 Å². The van der Waals surface area contributed by atoms with E-state index >= 15 is 0 Å². The minimum absolute atomic E-state index is 1.09. The molecule has 62 valence electrons. The molecule has 0 unspecified atom stereocenters. The van der Waals surface area contributed by atoms with Crippen molar-refractivity contribution < 1.29 is 4.48 Å². The van der Waals surface area contributed by atoms with Crippen molar-refractivity contribution in [2.45, 2.75) is 12.8 Å². The standard InChI is InChI=1S/C8H21N2/c1-9-7-5-6-8-10(2,3)4/h9H,5-8H2,1-4H3/q+1. The lowest BCUT2D eigenvalue weighted by atomic mass is 10.3. The number of hydrogen-bond acceptors (Lipinski definition) is 1. The summed E-state index contributed by atoms with van der Waals surface area (Å²) in [7, 11) is 8.71. The second-order valence-electron chi connectivity index (χ2n) is 3.82. The van der Waals surface area contributed by atoms with Crippen molar-refractivity contribution in [3.8, 4) is 0 Å². The molecule has 0 fully saturated rings. The summed E-state index contributed by atoms with van der Waals surface area (Å²) < 4.78 is 1.09. The van der Waals surface area contributed by atoms with Crippen LogP contribution in [0, 0.1) is 0 Å². The summed E-state index contributed by atoms with van der Waals surface area (Å²) in [4.78, 5) is 0. The van der Waals surface area contributed by atoms with Gasteiger partial charge in [-0.15, -0.1) is 0 Å². The monoisotopic (exact) mass is 145 g/mol. The van der Waals surface area contributed by atoms with Crippen LogP contribution in [0.1, 0.15) is 12.8 Å². The Hall–Kier alpha value is -0.0800.